The summed E-state index contributed by atoms with van der Waals surface area (Å²) < 4.78 is 4.73. The molecule has 0 aromatic rings. The Kier molecular flexibility index (Phi) is 4.29. The van der Waals surface area contributed by atoms with Crippen LogP contribution < -0.4 is 5.32 Å². The highest BCUT2D eigenvalue weighted by molar-refractivity contribution is 5.86. The molecule has 0 radical (unpaired) electrons. The van der Waals surface area contributed by atoms with Crippen LogP contribution in [0, 0.1) is 5.92 Å². The first-order valence-electron chi connectivity index (χ1n) is 5.59. The fraction of sp³-hybridized carbons (Fsp3) is 0.818. The molecule has 2 unspecified atom stereocenters. The van der Waals surface area contributed by atoms with E-state index in [9.17, 15) is 9.59 Å². The molecule has 0 aromatic heterocycles. The van der Waals surface area contributed by atoms with E-state index in [4.69, 9.17) is 4.74 Å². The van der Waals surface area contributed by atoms with Crippen molar-refractivity contribution in [1.82, 2.24) is 10.2 Å². The number of carbonyl (C=O) groups is 2. The number of carbonyl (C=O) groups excluding carboxylic acids is 2. The van der Waals surface area contributed by atoms with Crippen molar-refractivity contribution in [1.29, 1.82) is 0 Å². The lowest BCUT2D eigenvalue weighted by molar-refractivity contribution is -0.157. The normalized spacial score (nSPS) is 25.7. The molecule has 0 spiro atoms. The fourth-order valence-corrected chi connectivity index (χ4v) is 1.93. The van der Waals surface area contributed by atoms with E-state index < -0.39 is 6.04 Å². The molecule has 92 valence electrons. The third-order valence-electron chi connectivity index (χ3n) is 2.81. The van der Waals surface area contributed by atoms with Crippen LogP contribution in [0.1, 0.15) is 20.8 Å². The van der Waals surface area contributed by atoms with Gasteiger partial charge in [0.25, 0.3) is 0 Å². The van der Waals surface area contributed by atoms with Crippen LogP contribution in [0.5, 0.6) is 0 Å². The maximum absolute atomic E-state index is 12.0. The second kappa shape index (κ2) is 5.30. The number of hydrogen-bond acceptors (Lipinski definition) is 4. The number of piperazine rings is 1. The van der Waals surface area contributed by atoms with Gasteiger partial charge >= 0.3 is 5.97 Å². The highest BCUT2D eigenvalue weighted by Gasteiger charge is 2.37. The summed E-state index contributed by atoms with van der Waals surface area (Å²) in [5, 5.41) is 3.13. The summed E-state index contributed by atoms with van der Waals surface area (Å²) in [5.41, 5.74) is 0. The van der Waals surface area contributed by atoms with E-state index in [1.807, 2.05) is 20.8 Å². The summed E-state index contributed by atoms with van der Waals surface area (Å²) in [6.45, 7) is 6.79. The molecule has 2 atom stereocenters. The van der Waals surface area contributed by atoms with Crippen LogP contribution >= 0.6 is 0 Å². The Morgan fingerprint density at radius 3 is 2.50 bits per heavy atom. The topological polar surface area (TPSA) is 58.6 Å². The minimum atomic E-state index is -0.497. The van der Waals surface area contributed by atoms with Gasteiger partial charge in [-0.25, -0.2) is 4.79 Å². The molecule has 1 heterocycles. The van der Waals surface area contributed by atoms with Crippen LogP contribution in [-0.4, -0.2) is 49.1 Å². The summed E-state index contributed by atoms with van der Waals surface area (Å²) in [6, 6.07) is -0.476. The molecular formula is C11H20N2O3. The summed E-state index contributed by atoms with van der Waals surface area (Å²) >= 11 is 0. The zero-order valence-corrected chi connectivity index (χ0v) is 10.3. The minimum Gasteiger partial charge on any atom is -0.467 e. The van der Waals surface area contributed by atoms with Gasteiger partial charge in [0.05, 0.1) is 7.11 Å². The van der Waals surface area contributed by atoms with Gasteiger partial charge in [-0.3, -0.25) is 4.79 Å². The van der Waals surface area contributed by atoms with E-state index in [1.54, 1.807) is 4.90 Å². The average molecular weight is 228 g/mol. The van der Waals surface area contributed by atoms with E-state index in [-0.39, 0.29) is 23.8 Å². The summed E-state index contributed by atoms with van der Waals surface area (Å²) in [4.78, 5) is 25.3. The predicted molar refractivity (Wildman–Crippen MR) is 59.8 cm³/mol. The van der Waals surface area contributed by atoms with Gasteiger partial charge in [-0.2, -0.15) is 0 Å². The van der Waals surface area contributed by atoms with Crippen molar-refractivity contribution < 1.29 is 14.3 Å². The van der Waals surface area contributed by atoms with Crippen molar-refractivity contribution in [3.05, 3.63) is 0 Å². The van der Waals surface area contributed by atoms with Gasteiger partial charge in [0, 0.05) is 25.0 Å². The van der Waals surface area contributed by atoms with E-state index in [2.05, 4.69) is 5.32 Å². The van der Waals surface area contributed by atoms with Crippen molar-refractivity contribution in [2.24, 2.45) is 5.92 Å². The SMILES string of the molecule is COC(=O)C1CNCC(C)N1C(=O)C(C)C. The second-order valence-electron chi connectivity index (χ2n) is 4.45. The molecule has 1 amide bonds. The summed E-state index contributed by atoms with van der Waals surface area (Å²) in [5.74, 6) is -0.454. The molecule has 5 heteroatoms. The van der Waals surface area contributed by atoms with Crippen molar-refractivity contribution in [2.75, 3.05) is 20.2 Å². The first kappa shape index (κ1) is 13.0. The zero-order valence-electron chi connectivity index (χ0n) is 10.3. The fourth-order valence-electron chi connectivity index (χ4n) is 1.93. The number of hydrogen-bond donors (Lipinski definition) is 1. The predicted octanol–water partition coefficient (Wildman–Crippen LogP) is 0.00430. The molecule has 0 saturated carbocycles. The van der Waals surface area contributed by atoms with E-state index in [0.29, 0.717) is 13.1 Å². The third-order valence-corrected chi connectivity index (χ3v) is 2.81. The number of methoxy groups -OCH3 is 1. The largest absolute Gasteiger partial charge is 0.467 e. The van der Waals surface area contributed by atoms with Gasteiger partial charge in [0.15, 0.2) is 0 Å². The van der Waals surface area contributed by atoms with Crippen molar-refractivity contribution in [2.45, 2.75) is 32.9 Å². The highest BCUT2D eigenvalue weighted by atomic mass is 16.5. The second-order valence-corrected chi connectivity index (χ2v) is 4.45. The van der Waals surface area contributed by atoms with Crippen molar-refractivity contribution in [3.8, 4) is 0 Å². The Bertz CT molecular complexity index is 278. The Balaban J connectivity index is 2.87. The van der Waals surface area contributed by atoms with E-state index >= 15 is 0 Å². The van der Waals surface area contributed by atoms with Crippen LogP contribution in [0.25, 0.3) is 0 Å². The van der Waals surface area contributed by atoms with Crippen molar-refractivity contribution >= 4 is 11.9 Å². The molecule has 1 aliphatic rings. The molecule has 1 N–H and O–H groups in total. The number of nitrogens with one attached hydrogen (secondary N) is 1. The van der Waals surface area contributed by atoms with E-state index in [1.165, 1.54) is 7.11 Å². The van der Waals surface area contributed by atoms with E-state index in [0.717, 1.165) is 0 Å². The maximum Gasteiger partial charge on any atom is 0.329 e. The smallest absolute Gasteiger partial charge is 0.329 e. The Morgan fingerprint density at radius 1 is 1.38 bits per heavy atom. The number of esters is 1. The number of amides is 1. The average Bonchev–Trinajstić information content (AvgIpc) is 2.26. The van der Waals surface area contributed by atoms with Gasteiger partial charge in [0.1, 0.15) is 6.04 Å². The first-order valence-corrected chi connectivity index (χ1v) is 5.59. The van der Waals surface area contributed by atoms with Gasteiger partial charge in [0.2, 0.25) is 5.91 Å². The Hall–Kier alpha value is -1.10. The van der Waals surface area contributed by atoms with Crippen LogP contribution in [-0.2, 0) is 14.3 Å². The molecule has 1 saturated heterocycles. The molecule has 0 aromatic carbocycles. The lowest BCUT2D eigenvalue weighted by Crippen LogP contribution is -2.62. The summed E-state index contributed by atoms with van der Waals surface area (Å²) in [6.07, 6.45) is 0. The first-order chi connectivity index (χ1) is 7.49. The Morgan fingerprint density at radius 2 is 2.00 bits per heavy atom. The molecule has 1 aliphatic heterocycles. The molecule has 16 heavy (non-hydrogen) atoms. The molecular weight excluding hydrogens is 208 g/mol. The van der Waals surface area contributed by atoms with Crippen LogP contribution in [0.3, 0.4) is 0 Å². The van der Waals surface area contributed by atoms with Crippen LogP contribution in [0.2, 0.25) is 0 Å². The maximum atomic E-state index is 12.0. The molecule has 1 fully saturated rings. The zero-order chi connectivity index (χ0) is 12.3. The standard InChI is InChI=1S/C11H20N2O3/c1-7(2)10(14)13-8(3)5-12-6-9(13)11(15)16-4/h7-9,12H,5-6H2,1-4H3. The van der Waals surface area contributed by atoms with Gasteiger partial charge in [-0.05, 0) is 6.92 Å². The third kappa shape index (κ3) is 2.52. The van der Waals surface area contributed by atoms with Crippen molar-refractivity contribution in [3.63, 3.8) is 0 Å². The van der Waals surface area contributed by atoms with Gasteiger partial charge in [-0.1, -0.05) is 13.8 Å². The monoisotopic (exact) mass is 228 g/mol. The van der Waals surface area contributed by atoms with Gasteiger partial charge in [-0.15, -0.1) is 0 Å². The van der Waals surface area contributed by atoms with Crippen LogP contribution in [0.4, 0.5) is 0 Å². The summed E-state index contributed by atoms with van der Waals surface area (Å²) in [7, 11) is 1.35. The number of nitrogens with zero attached hydrogens (tertiary/aromatic N) is 1. The molecule has 5 nitrogen and oxygen atoms in total. The lowest BCUT2D eigenvalue weighted by Gasteiger charge is -2.40. The minimum absolute atomic E-state index is 0.00407. The molecule has 0 bridgehead atoms. The number of rotatable bonds is 2. The number of ether oxygens (including phenoxy) is 1. The van der Waals surface area contributed by atoms with Gasteiger partial charge < -0.3 is 15.0 Å². The Labute approximate surface area is 96.1 Å². The quantitative estimate of drug-likeness (QED) is 0.676. The molecule has 0 aliphatic carbocycles. The highest BCUT2D eigenvalue weighted by Crippen LogP contribution is 2.15. The molecule has 1 rings (SSSR count). The van der Waals surface area contributed by atoms with Crippen LogP contribution in [0.15, 0.2) is 0 Å². The lowest BCUT2D eigenvalue weighted by atomic mass is 10.0.